The van der Waals surface area contributed by atoms with E-state index in [1.165, 1.54) is 16.1 Å². The zero-order valence-corrected chi connectivity index (χ0v) is 15.4. The number of hydrogen-bond acceptors (Lipinski definition) is 6. The van der Waals surface area contributed by atoms with Gasteiger partial charge in [-0.25, -0.2) is 4.98 Å². The maximum absolute atomic E-state index is 12.4. The van der Waals surface area contributed by atoms with Gasteiger partial charge in [0, 0.05) is 10.9 Å². The molecule has 3 aromatic carbocycles. The summed E-state index contributed by atoms with van der Waals surface area (Å²) in [4.78, 5) is 18.3. The molecule has 0 unspecified atom stereocenters. The molecule has 5 aromatic rings. The molecule has 0 aliphatic carbocycles. The summed E-state index contributed by atoms with van der Waals surface area (Å²) in [6.45, 7) is -0.0312. The van der Waals surface area contributed by atoms with Crippen LogP contribution in [0.1, 0.15) is 0 Å². The highest BCUT2D eigenvalue weighted by molar-refractivity contribution is 7.22. The van der Waals surface area contributed by atoms with Crippen LogP contribution in [0.5, 0.6) is 0 Å². The summed E-state index contributed by atoms with van der Waals surface area (Å²) >= 11 is 1.44. The van der Waals surface area contributed by atoms with Crippen LogP contribution in [0.25, 0.3) is 32.4 Å². The SMILES string of the molecule is O=C(Cn1nnc(-c2ccccc2)n1)Nc1nc2c(ccc3ccccc32)s1. The van der Waals surface area contributed by atoms with E-state index in [2.05, 4.69) is 31.8 Å². The van der Waals surface area contributed by atoms with Crippen molar-refractivity contribution in [2.75, 3.05) is 5.32 Å². The molecule has 0 saturated heterocycles. The van der Waals surface area contributed by atoms with E-state index < -0.39 is 0 Å². The summed E-state index contributed by atoms with van der Waals surface area (Å²) in [5.74, 6) is 0.236. The molecular formula is C20H14N6OS. The average molecular weight is 386 g/mol. The highest BCUT2D eigenvalue weighted by atomic mass is 32.1. The Hall–Kier alpha value is -3.65. The van der Waals surface area contributed by atoms with Crippen LogP contribution in [0, 0.1) is 0 Å². The van der Waals surface area contributed by atoms with Gasteiger partial charge in [0.05, 0.1) is 10.2 Å². The molecule has 2 heterocycles. The minimum absolute atomic E-state index is 0.0312. The standard InChI is InChI=1S/C20H14N6OS/c27-17(12-26-24-19(23-25-26)14-7-2-1-3-8-14)21-20-22-18-15-9-5-4-6-13(15)10-11-16(18)28-20/h1-11H,12H2,(H,21,22,27). The fourth-order valence-corrected chi connectivity index (χ4v) is 3.91. The number of aromatic nitrogens is 5. The number of carbonyl (C=O) groups excluding carboxylic acids is 1. The monoisotopic (exact) mass is 386 g/mol. The molecule has 1 N–H and O–H groups in total. The Morgan fingerprint density at radius 1 is 1.00 bits per heavy atom. The van der Waals surface area contributed by atoms with Gasteiger partial charge in [-0.15, -0.1) is 10.2 Å². The first kappa shape index (κ1) is 16.5. The van der Waals surface area contributed by atoms with Crippen LogP contribution in [0.3, 0.4) is 0 Å². The van der Waals surface area contributed by atoms with E-state index in [0.717, 1.165) is 26.6 Å². The highest BCUT2D eigenvalue weighted by Crippen LogP contribution is 2.31. The van der Waals surface area contributed by atoms with Gasteiger partial charge in [-0.1, -0.05) is 72.0 Å². The molecule has 8 heteroatoms. The van der Waals surface area contributed by atoms with E-state index in [1.807, 2.05) is 60.7 Å². The minimum atomic E-state index is -0.250. The lowest BCUT2D eigenvalue weighted by molar-refractivity contribution is -0.117. The summed E-state index contributed by atoms with van der Waals surface area (Å²) in [5, 5.41) is 17.8. The van der Waals surface area contributed by atoms with Crippen molar-refractivity contribution >= 4 is 43.4 Å². The van der Waals surface area contributed by atoms with Gasteiger partial charge in [0.15, 0.2) is 5.13 Å². The second-order valence-corrected chi connectivity index (χ2v) is 7.24. The van der Waals surface area contributed by atoms with Gasteiger partial charge < -0.3 is 5.32 Å². The van der Waals surface area contributed by atoms with Crippen molar-refractivity contribution in [2.45, 2.75) is 6.54 Å². The number of thiazole rings is 1. The van der Waals surface area contributed by atoms with Crippen LogP contribution in [0.4, 0.5) is 5.13 Å². The van der Waals surface area contributed by atoms with Gasteiger partial charge >= 0.3 is 0 Å². The van der Waals surface area contributed by atoms with Crippen molar-refractivity contribution in [3.8, 4) is 11.4 Å². The normalized spacial score (nSPS) is 11.1. The number of rotatable bonds is 4. The third-order valence-electron chi connectivity index (χ3n) is 4.30. The maximum Gasteiger partial charge on any atom is 0.249 e. The number of amides is 1. The van der Waals surface area contributed by atoms with E-state index in [1.54, 1.807) is 0 Å². The second kappa shape index (κ2) is 6.82. The zero-order valence-electron chi connectivity index (χ0n) is 14.6. The van der Waals surface area contributed by atoms with Gasteiger partial charge in [0.2, 0.25) is 11.7 Å². The van der Waals surface area contributed by atoms with E-state index >= 15 is 0 Å². The van der Waals surface area contributed by atoms with Crippen LogP contribution >= 0.6 is 11.3 Å². The Labute approximate surface area is 163 Å². The molecule has 2 aromatic heterocycles. The van der Waals surface area contributed by atoms with Gasteiger partial charge in [-0.05, 0) is 16.7 Å². The quantitative estimate of drug-likeness (QED) is 0.508. The lowest BCUT2D eigenvalue weighted by Crippen LogP contribution is -2.20. The molecule has 0 radical (unpaired) electrons. The topological polar surface area (TPSA) is 85.6 Å². The fraction of sp³-hybridized carbons (Fsp3) is 0.0500. The predicted octanol–water partition coefficient (Wildman–Crippen LogP) is 3.74. The van der Waals surface area contributed by atoms with Crippen LogP contribution in [0.15, 0.2) is 66.7 Å². The molecule has 0 bridgehead atoms. The molecule has 0 fully saturated rings. The third-order valence-corrected chi connectivity index (χ3v) is 5.24. The Kier molecular flexibility index (Phi) is 4.02. The second-order valence-electron chi connectivity index (χ2n) is 6.21. The zero-order chi connectivity index (χ0) is 18.9. The number of hydrogen-bond donors (Lipinski definition) is 1. The van der Waals surface area contributed by atoms with Crippen LogP contribution in [0.2, 0.25) is 0 Å². The number of anilines is 1. The first-order valence-electron chi connectivity index (χ1n) is 8.68. The van der Waals surface area contributed by atoms with Gasteiger partial charge in [-0.2, -0.15) is 4.80 Å². The molecule has 0 atom stereocenters. The van der Waals surface area contributed by atoms with Crippen molar-refractivity contribution in [1.29, 1.82) is 0 Å². The maximum atomic E-state index is 12.4. The molecule has 28 heavy (non-hydrogen) atoms. The van der Waals surface area contributed by atoms with Crippen molar-refractivity contribution in [3.05, 3.63) is 66.7 Å². The molecule has 1 amide bonds. The number of tetrazole rings is 1. The number of carbonyl (C=O) groups is 1. The van der Waals surface area contributed by atoms with Crippen molar-refractivity contribution < 1.29 is 4.79 Å². The molecule has 0 saturated carbocycles. The lowest BCUT2D eigenvalue weighted by atomic mass is 10.1. The van der Waals surface area contributed by atoms with E-state index in [9.17, 15) is 4.79 Å². The highest BCUT2D eigenvalue weighted by Gasteiger charge is 2.12. The van der Waals surface area contributed by atoms with E-state index in [0.29, 0.717) is 11.0 Å². The van der Waals surface area contributed by atoms with Crippen molar-refractivity contribution in [2.24, 2.45) is 0 Å². The van der Waals surface area contributed by atoms with Crippen LogP contribution in [-0.4, -0.2) is 31.1 Å². The van der Waals surface area contributed by atoms with Crippen LogP contribution < -0.4 is 5.32 Å². The smallest absolute Gasteiger partial charge is 0.249 e. The molecule has 136 valence electrons. The minimum Gasteiger partial charge on any atom is -0.300 e. The Morgan fingerprint density at radius 2 is 1.82 bits per heavy atom. The van der Waals surface area contributed by atoms with Gasteiger partial charge in [0.1, 0.15) is 6.54 Å². The van der Waals surface area contributed by atoms with E-state index in [-0.39, 0.29) is 12.5 Å². The third kappa shape index (κ3) is 3.10. The lowest BCUT2D eigenvalue weighted by Gasteiger charge is -1.99. The Bertz CT molecular complexity index is 1290. The summed E-state index contributed by atoms with van der Waals surface area (Å²) < 4.78 is 1.03. The predicted molar refractivity (Wildman–Crippen MR) is 109 cm³/mol. The fourth-order valence-electron chi connectivity index (χ4n) is 3.02. The summed E-state index contributed by atoms with van der Waals surface area (Å²) in [6.07, 6.45) is 0. The Balaban J connectivity index is 1.34. The number of nitrogens with one attached hydrogen (secondary N) is 1. The molecule has 7 nitrogen and oxygen atoms in total. The van der Waals surface area contributed by atoms with Gasteiger partial charge in [0.25, 0.3) is 0 Å². The number of nitrogens with zero attached hydrogens (tertiary/aromatic N) is 5. The van der Waals surface area contributed by atoms with E-state index in [4.69, 9.17) is 0 Å². The Morgan fingerprint density at radius 3 is 2.71 bits per heavy atom. The molecule has 0 spiro atoms. The molecule has 0 aliphatic heterocycles. The van der Waals surface area contributed by atoms with Crippen LogP contribution in [-0.2, 0) is 11.3 Å². The summed E-state index contributed by atoms with van der Waals surface area (Å²) in [6, 6.07) is 21.7. The largest absolute Gasteiger partial charge is 0.300 e. The molecule has 0 aliphatic rings. The summed E-state index contributed by atoms with van der Waals surface area (Å²) in [7, 11) is 0. The van der Waals surface area contributed by atoms with Crippen molar-refractivity contribution in [1.82, 2.24) is 25.2 Å². The van der Waals surface area contributed by atoms with Crippen molar-refractivity contribution in [3.63, 3.8) is 0 Å². The number of benzene rings is 3. The first-order chi connectivity index (χ1) is 13.8. The first-order valence-corrected chi connectivity index (χ1v) is 9.49. The average Bonchev–Trinajstić information content (AvgIpc) is 3.35. The van der Waals surface area contributed by atoms with Gasteiger partial charge in [-0.3, -0.25) is 4.79 Å². The molecular weight excluding hydrogens is 372 g/mol. The molecule has 5 rings (SSSR count). The number of fused-ring (bicyclic) bond motifs is 3. The summed E-state index contributed by atoms with van der Waals surface area (Å²) in [5.41, 5.74) is 1.75.